The summed E-state index contributed by atoms with van der Waals surface area (Å²) in [5.41, 5.74) is -4.17. The smallest absolute Gasteiger partial charge is 0.416 e. The number of anilines is 1. The van der Waals surface area contributed by atoms with Crippen molar-refractivity contribution >= 4 is 11.8 Å². The van der Waals surface area contributed by atoms with E-state index in [1.807, 2.05) is 4.90 Å². The van der Waals surface area contributed by atoms with Crippen LogP contribution in [0.15, 0.2) is 36.4 Å². The standard InChI is InChI=1S/C26H25F9N2O3/c1-3-36(20-6-7-39-13-20)21-5-4-17(24(27,28)29)10-16(21)12-37-14(2)22(40-23(37)38)15-8-18(25(30,31)32)11-19(9-15)26(33,34)35/h4-5,8-11,14,20,22H,3,6-7,12-13H2,1-2H3/t14-,20-,22-/m0/s1. The van der Waals surface area contributed by atoms with Crippen LogP contribution in [0.25, 0.3) is 0 Å². The monoisotopic (exact) mass is 584 g/mol. The van der Waals surface area contributed by atoms with Gasteiger partial charge in [0.15, 0.2) is 0 Å². The van der Waals surface area contributed by atoms with E-state index in [1.54, 1.807) is 6.92 Å². The number of benzene rings is 2. The van der Waals surface area contributed by atoms with Gasteiger partial charge in [-0.05, 0) is 67.8 Å². The van der Waals surface area contributed by atoms with Crippen LogP contribution in [0.1, 0.15) is 54.2 Å². The van der Waals surface area contributed by atoms with Gasteiger partial charge in [0.1, 0.15) is 6.10 Å². The summed E-state index contributed by atoms with van der Waals surface area (Å²) in [4.78, 5) is 15.7. The predicted molar refractivity (Wildman–Crippen MR) is 124 cm³/mol. The molecule has 2 fully saturated rings. The highest BCUT2D eigenvalue weighted by molar-refractivity contribution is 5.72. The molecule has 2 heterocycles. The zero-order valence-corrected chi connectivity index (χ0v) is 21.3. The number of cyclic esters (lactones) is 1. The Balaban J connectivity index is 1.71. The zero-order valence-electron chi connectivity index (χ0n) is 21.3. The Kier molecular flexibility index (Phi) is 7.96. The van der Waals surface area contributed by atoms with Crippen LogP contribution in [0.3, 0.4) is 0 Å². The molecule has 2 aliphatic rings. The number of ether oxygens (including phenoxy) is 2. The molecule has 0 aromatic heterocycles. The highest BCUT2D eigenvalue weighted by Gasteiger charge is 2.44. The maximum atomic E-state index is 13.6. The molecule has 0 saturated carbocycles. The van der Waals surface area contributed by atoms with Crippen LogP contribution < -0.4 is 4.90 Å². The first-order chi connectivity index (χ1) is 18.5. The molecule has 0 unspecified atom stereocenters. The molecule has 2 aromatic carbocycles. The van der Waals surface area contributed by atoms with Crippen molar-refractivity contribution in [2.75, 3.05) is 24.7 Å². The number of amides is 1. The lowest BCUT2D eigenvalue weighted by Gasteiger charge is -2.32. The third-order valence-corrected chi connectivity index (χ3v) is 7.07. The summed E-state index contributed by atoms with van der Waals surface area (Å²) in [6.45, 7) is 3.93. The van der Waals surface area contributed by atoms with Gasteiger partial charge in [-0.15, -0.1) is 0 Å². The third kappa shape index (κ3) is 6.11. The topological polar surface area (TPSA) is 42.0 Å². The summed E-state index contributed by atoms with van der Waals surface area (Å²) in [6.07, 6.45) is -16.9. The third-order valence-electron chi connectivity index (χ3n) is 7.07. The molecule has 0 radical (unpaired) electrons. The van der Waals surface area contributed by atoms with Crippen LogP contribution in [-0.4, -0.2) is 42.8 Å². The Hall–Kier alpha value is -3.16. The predicted octanol–water partition coefficient (Wildman–Crippen LogP) is 7.44. The molecular weight excluding hydrogens is 559 g/mol. The van der Waals surface area contributed by atoms with Crippen LogP contribution in [0, 0.1) is 0 Å². The quantitative estimate of drug-likeness (QED) is 0.331. The molecule has 1 amide bonds. The molecule has 0 spiro atoms. The van der Waals surface area contributed by atoms with Gasteiger partial charge >= 0.3 is 24.6 Å². The van der Waals surface area contributed by atoms with Crippen LogP contribution in [-0.2, 0) is 34.5 Å². The van der Waals surface area contributed by atoms with Crippen LogP contribution in [0.4, 0.5) is 50.0 Å². The lowest BCUT2D eigenvalue weighted by atomic mass is 9.97. The van der Waals surface area contributed by atoms with E-state index in [1.165, 1.54) is 13.0 Å². The number of nitrogens with zero attached hydrogens (tertiary/aromatic N) is 2. The number of hydrogen-bond acceptors (Lipinski definition) is 4. The molecule has 5 nitrogen and oxygen atoms in total. The molecular formula is C26H25F9N2O3. The first-order valence-electron chi connectivity index (χ1n) is 12.3. The van der Waals surface area contributed by atoms with Crippen LogP contribution in [0.5, 0.6) is 0 Å². The Morgan fingerprint density at radius 1 is 0.900 bits per heavy atom. The molecule has 2 saturated heterocycles. The Labute approximate surface area is 223 Å². The first kappa shape index (κ1) is 29.8. The fourth-order valence-corrected chi connectivity index (χ4v) is 5.05. The minimum absolute atomic E-state index is 0.0380. The maximum absolute atomic E-state index is 13.6. The van der Waals surface area contributed by atoms with Crippen molar-refractivity contribution in [1.82, 2.24) is 4.90 Å². The van der Waals surface area contributed by atoms with E-state index < -0.39 is 65.6 Å². The Morgan fingerprint density at radius 2 is 1.50 bits per heavy atom. The second-order valence-electron chi connectivity index (χ2n) is 9.66. The summed E-state index contributed by atoms with van der Waals surface area (Å²) in [5.74, 6) is 0. The van der Waals surface area contributed by atoms with Gasteiger partial charge in [-0.3, -0.25) is 4.90 Å². The van der Waals surface area contributed by atoms with Gasteiger partial charge in [-0.2, -0.15) is 39.5 Å². The van der Waals surface area contributed by atoms with Crippen molar-refractivity contribution in [3.05, 3.63) is 64.2 Å². The minimum atomic E-state index is -5.11. The van der Waals surface area contributed by atoms with Crippen molar-refractivity contribution in [2.24, 2.45) is 0 Å². The van der Waals surface area contributed by atoms with E-state index in [9.17, 15) is 44.3 Å². The second-order valence-corrected chi connectivity index (χ2v) is 9.66. The summed E-state index contributed by atoms with van der Waals surface area (Å²) in [7, 11) is 0. The average Bonchev–Trinajstić information content (AvgIpc) is 3.48. The highest BCUT2D eigenvalue weighted by Crippen LogP contribution is 2.42. The molecule has 40 heavy (non-hydrogen) atoms. The highest BCUT2D eigenvalue weighted by atomic mass is 19.4. The number of halogens is 9. The Morgan fingerprint density at radius 3 is 2.00 bits per heavy atom. The van der Waals surface area contributed by atoms with Crippen molar-refractivity contribution < 1.29 is 53.8 Å². The number of rotatable bonds is 6. The van der Waals surface area contributed by atoms with Crippen molar-refractivity contribution in [1.29, 1.82) is 0 Å². The van der Waals surface area contributed by atoms with Crippen molar-refractivity contribution in [2.45, 2.75) is 63.5 Å². The number of likely N-dealkylation sites (N-methyl/N-ethyl adjacent to an activating group) is 1. The molecule has 3 atom stereocenters. The van der Waals surface area contributed by atoms with E-state index in [2.05, 4.69) is 0 Å². The summed E-state index contributed by atoms with van der Waals surface area (Å²) in [6, 6.07) is 2.74. The maximum Gasteiger partial charge on any atom is 0.416 e. The van der Waals surface area contributed by atoms with Gasteiger partial charge in [-0.25, -0.2) is 4.79 Å². The number of alkyl halides is 9. The van der Waals surface area contributed by atoms with Crippen molar-refractivity contribution in [3.8, 4) is 0 Å². The molecule has 2 aliphatic heterocycles. The van der Waals surface area contributed by atoms with Crippen LogP contribution >= 0.6 is 0 Å². The molecule has 0 aliphatic carbocycles. The largest absolute Gasteiger partial charge is 0.439 e. The SMILES string of the molecule is CCN(c1ccc(C(F)(F)F)cc1CN1C(=O)O[C@H](c2cc(C(F)(F)F)cc(C(F)(F)F)c2)[C@@H]1C)[C@H]1CCOC1. The summed E-state index contributed by atoms with van der Waals surface area (Å²) < 4.78 is 132. The lowest BCUT2D eigenvalue weighted by molar-refractivity contribution is -0.143. The second kappa shape index (κ2) is 10.7. The van der Waals surface area contributed by atoms with Gasteiger partial charge in [0, 0.05) is 18.8 Å². The van der Waals surface area contributed by atoms with E-state index in [-0.39, 0.29) is 17.7 Å². The fraction of sp³-hybridized carbons (Fsp3) is 0.500. The van der Waals surface area contributed by atoms with Gasteiger partial charge < -0.3 is 14.4 Å². The number of hydrogen-bond donors (Lipinski definition) is 0. The van der Waals surface area contributed by atoms with Crippen molar-refractivity contribution in [3.63, 3.8) is 0 Å². The molecule has 220 valence electrons. The zero-order chi connectivity index (χ0) is 29.6. The van der Waals surface area contributed by atoms with Gasteiger partial charge in [0.2, 0.25) is 0 Å². The van der Waals surface area contributed by atoms with E-state index >= 15 is 0 Å². The summed E-state index contributed by atoms with van der Waals surface area (Å²) in [5, 5.41) is 0. The number of carbonyl (C=O) groups excluding carboxylic acids is 1. The number of carbonyl (C=O) groups is 1. The average molecular weight is 584 g/mol. The van der Waals surface area contributed by atoms with Gasteiger partial charge in [-0.1, -0.05) is 0 Å². The van der Waals surface area contributed by atoms with Gasteiger partial charge in [0.25, 0.3) is 0 Å². The Bertz CT molecular complexity index is 1210. The van der Waals surface area contributed by atoms with E-state index in [0.717, 1.165) is 17.0 Å². The normalized spacial score (nSPS) is 22.1. The van der Waals surface area contributed by atoms with E-state index in [4.69, 9.17) is 9.47 Å². The fourth-order valence-electron chi connectivity index (χ4n) is 5.05. The molecule has 14 heteroatoms. The van der Waals surface area contributed by atoms with Crippen LogP contribution in [0.2, 0.25) is 0 Å². The summed E-state index contributed by atoms with van der Waals surface area (Å²) >= 11 is 0. The minimum Gasteiger partial charge on any atom is -0.439 e. The lowest BCUT2D eigenvalue weighted by Crippen LogP contribution is -2.37. The molecule has 4 rings (SSSR count). The molecule has 0 bridgehead atoms. The van der Waals surface area contributed by atoms with Gasteiger partial charge in [0.05, 0.1) is 41.9 Å². The molecule has 0 N–H and O–H groups in total. The van der Waals surface area contributed by atoms with E-state index in [0.29, 0.717) is 44.0 Å². The first-order valence-corrected chi connectivity index (χ1v) is 12.3. The molecule has 2 aromatic rings.